The maximum absolute atomic E-state index is 2.43. The van der Waals surface area contributed by atoms with Gasteiger partial charge in [-0.05, 0) is 145 Å². The summed E-state index contributed by atoms with van der Waals surface area (Å²) in [6.07, 6.45) is 0. The SMILES string of the molecule is Cc1cccc(-c2ccc3c(-c4ccc(-c5ccc6c(c5)c5ccccc5n6-c5ccccc5)cc4)c4cc(-c5cccc(C)c5)ccc4c(-c4ccc(-c5ccccc5)cc4)c3c2)c1. The molecular weight excluding hydrogens is 783 g/mol. The van der Waals surface area contributed by atoms with E-state index in [0.717, 1.165) is 0 Å². The molecule has 12 aromatic rings. The van der Waals surface area contributed by atoms with Gasteiger partial charge in [-0.15, -0.1) is 0 Å². The van der Waals surface area contributed by atoms with E-state index in [4.69, 9.17) is 0 Å². The predicted molar refractivity (Wildman–Crippen MR) is 278 cm³/mol. The topological polar surface area (TPSA) is 4.93 Å². The lowest BCUT2D eigenvalue weighted by atomic mass is 9.83. The summed E-state index contributed by atoms with van der Waals surface area (Å²) in [7, 11) is 0. The second kappa shape index (κ2) is 15.8. The van der Waals surface area contributed by atoms with Crippen LogP contribution in [0.4, 0.5) is 0 Å². The monoisotopic (exact) mass is 827 g/mol. The van der Waals surface area contributed by atoms with E-state index in [2.05, 4.69) is 255 Å². The minimum atomic E-state index is 1.17. The maximum atomic E-state index is 2.43. The molecule has 0 unspecified atom stereocenters. The van der Waals surface area contributed by atoms with Gasteiger partial charge in [0, 0.05) is 16.5 Å². The number of nitrogens with zero attached hydrogens (tertiary/aromatic N) is 1. The highest BCUT2D eigenvalue weighted by Gasteiger charge is 2.20. The number of fused-ring (bicyclic) bond motifs is 5. The Balaban J connectivity index is 1.07. The molecule has 12 rings (SSSR count). The Morgan fingerprint density at radius 1 is 0.231 bits per heavy atom. The van der Waals surface area contributed by atoms with Crippen LogP contribution in [0.15, 0.2) is 237 Å². The largest absolute Gasteiger partial charge is 0.309 e. The summed E-state index contributed by atoms with van der Waals surface area (Å²) in [6.45, 7) is 4.35. The van der Waals surface area contributed by atoms with Crippen LogP contribution in [0.25, 0.3) is 116 Å². The van der Waals surface area contributed by atoms with Crippen molar-refractivity contribution in [2.45, 2.75) is 13.8 Å². The van der Waals surface area contributed by atoms with E-state index >= 15 is 0 Å². The van der Waals surface area contributed by atoms with Gasteiger partial charge in [-0.2, -0.15) is 0 Å². The van der Waals surface area contributed by atoms with E-state index in [1.165, 1.54) is 127 Å². The van der Waals surface area contributed by atoms with E-state index in [1.54, 1.807) is 0 Å². The summed E-state index contributed by atoms with van der Waals surface area (Å²) < 4.78 is 2.38. The zero-order chi connectivity index (χ0) is 43.4. The summed E-state index contributed by atoms with van der Waals surface area (Å²) in [5.41, 5.74) is 20.7. The van der Waals surface area contributed by atoms with Gasteiger partial charge in [0.25, 0.3) is 0 Å². The third kappa shape index (κ3) is 6.81. The minimum Gasteiger partial charge on any atom is -0.309 e. The Bertz CT molecular complexity index is 3740. The first-order valence-corrected chi connectivity index (χ1v) is 22.6. The number of benzene rings is 11. The number of para-hydroxylation sites is 2. The van der Waals surface area contributed by atoms with E-state index in [1.807, 2.05) is 0 Å². The first-order valence-electron chi connectivity index (χ1n) is 22.6. The molecule has 1 aromatic heterocycles. The summed E-state index contributed by atoms with van der Waals surface area (Å²) in [4.78, 5) is 0. The third-order valence-corrected chi connectivity index (χ3v) is 13.3. The van der Waals surface area contributed by atoms with Crippen LogP contribution in [0.1, 0.15) is 11.1 Å². The highest BCUT2D eigenvalue weighted by molar-refractivity contribution is 6.22. The normalized spacial score (nSPS) is 11.5. The molecule has 306 valence electrons. The van der Waals surface area contributed by atoms with Crippen molar-refractivity contribution in [3.63, 3.8) is 0 Å². The first-order chi connectivity index (χ1) is 32.0. The molecule has 0 N–H and O–H groups in total. The second-order valence-corrected chi connectivity index (χ2v) is 17.5. The van der Waals surface area contributed by atoms with E-state index < -0.39 is 0 Å². The van der Waals surface area contributed by atoms with Crippen molar-refractivity contribution in [1.29, 1.82) is 0 Å². The van der Waals surface area contributed by atoms with E-state index in [0.29, 0.717) is 0 Å². The van der Waals surface area contributed by atoms with E-state index in [-0.39, 0.29) is 0 Å². The summed E-state index contributed by atoms with van der Waals surface area (Å²) in [5, 5.41) is 7.47. The fraction of sp³-hybridized carbons (Fsp3) is 0.0312. The van der Waals surface area contributed by atoms with Crippen LogP contribution in [0.2, 0.25) is 0 Å². The zero-order valence-electron chi connectivity index (χ0n) is 36.5. The van der Waals surface area contributed by atoms with Gasteiger partial charge in [0.15, 0.2) is 0 Å². The first kappa shape index (κ1) is 38.4. The molecule has 0 radical (unpaired) electrons. The Hall–Kier alpha value is -8.26. The van der Waals surface area contributed by atoms with Crippen molar-refractivity contribution in [3.05, 3.63) is 248 Å². The summed E-state index contributed by atoms with van der Waals surface area (Å²) >= 11 is 0. The average Bonchev–Trinajstić information content (AvgIpc) is 3.70. The zero-order valence-corrected chi connectivity index (χ0v) is 36.5. The molecule has 65 heavy (non-hydrogen) atoms. The molecule has 1 nitrogen and oxygen atoms in total. The molecule has 0 aliphatic rings. The molecular formula is C64H45N. The van der Waals surface area contributed by atoms with Crippen molar-refractivity contribution in [3.8, 4) is 72.4 Å². The van der Waals surface area contributed by atoms with Crippen molar-refractivity contribution in [1.82, 2.24) is 4.57 Å². The Morgan fingerprint density at radius 2 is 0.615 bits per heavy atom. The van der Waals surface area contributed by atoms with Gasteiger partial charge in [0.05, 0.1) is 11.0 Å². The van der Waals surface area contributed by atoms with Crippen LogP contribution in [0.3, 0.4) is 0 Å². The maximum Gasteiger partial charge on any atom is 0.0541 e. The second-order valence-electron chi connectivity index (χ2n) is 17.5. The lowest BCUT2D eigenvalue weighted by Gasteiger charge is -2.20. The van der Waals surface area contributed by atoms with E-state index in [9.17, 15) is 0 Å². The van der Waals surface area contributed by atoms with Gasteiger partial charge in [-0.25, -0.2) is 0 Å². The molecule has 1 heteroatoms. The quantitative estimate of drug-likeness (QED) is 0.141. The van der Waals surface area contributed by atoms with Gasteiger partial charge in [0.1, 0.15) is 0 Å². The van der Waals surface area contributed by atoms with Crippen LogP contribution in [0.5, 0.6) is 0 Å². The highest BCUT2D eigenvalue weighted by Crippen LogP contribution is 2.47. The minimum absolute atomic E-state index is 1.17. The highest BCUT2D eigenvalue weighted by atomic mass is 15.0. The Morgan fingerprint density at radius 3 is 1.18 bits per heavy atom. The standard InChI is InChI=1S/C64H45N/c1-42-13-11-17-49(37-42)52-32-35-57-59(40-52)63(47-27-23-45(24-28-47)44-15-5-3-6-16-44)56-34-31-53(50-18-12-14-43(2)38-50)41-60(56)64(57)48-29-25-46(26-30-48)51-33-36-62-58(39-51)55-21-9-10-22-61(55)65(62)54-19-7-4-8-20-54/h3-41H,1-2H3. The average molecular weight is 828 g/mol. The van der Waals surface area contributed by atoms with Gasteiger partial charge < -0.3 is 4.57 Å². The van der Waals surface area contributed by atoms with Crippen LogP contribution < -0.4 is 0 Å². The third-order valence-electron chi connectivity index (χ3n) is 13.3. The molecule has 0 spiro atoms. The summed E-state index contributed by atoms with van der Waals surface area (Å²) in [5.74, 6) is 0. The Kier molecular flexibility index (Phi) is 9.35. The molecule has 0 aliphatic heterocycles. The molecule has 0 fully saturated rings. The molecule has 0 amide bonds. The number of hydrogen-bond donors (Lipinski definition) is 0. The molecule has 0 aliphatic carbocycles. The Labute approximate surface area is 380 Å². The van der Waals surface area contributed by atoms with Gasteiger partial charge in [-0.1, -0.05) is 205 Å². The van der Waals surface area contributed by atoms with Crippen LogP contribution in [0, 0.1) is 13.8 Å². The van der Waals surface area contributed by atoms with Crippen LogP contribution >= 0.6 is 0 Å². The fourth-order valence-electron chi connectivity index (χ4n) is 10.2. The lowest BCUT2D eigenvalue weighted by Crippen LogP contribution is -1.93. The predicted octanol–water partition coefficient (Wildman–Crippen LogP) is 17.7. The molecule has 0 saturated carbocycles. The lowest BCUT2D eigenvalue weighted by molar-refractivity contribution is 1.18. The van der Waals surface area contributed by atoms with Crippen molar-refractivity contribution >= 4 is 43.4 Å². The van der Waals surface area contributed by atoms with Gasteiger partial charge in [-0.3, -0.25) is 0 Å². The number of aryl methyl sites for hydroxylation is 2. The van der Waals surface area contributed by atoms with Crippen LogP contribution in [-0.4, -0.2) is 4.57 Å². The number of hydrogen-bond acceptors (Lipinski definition) is 0. The van der Waals surface area contributed by atoms with Crippen molar-refractivity contribution in [2.75, 3.05) is 0 Å². The summed E-state index contributed by atoms with van der Waals surface area (Å²) in [6, 6.07) is 87.4. The molecule has 11 aromatic carbocycles. The molecule has 0 saturated heterocycles. The van der Waals surface area contributed by atoms with Crippen molar-refractivity contribution in [2.24, 2.45) is 0 Å². The van der Waals surface area contributed by atoms with Crippen molar-refractivity contribution < 1.29 is 0 Å². The molecule has 1 heterocycles. The van der Waals surface area contributed by atoms with Gasteiger partial charge >= 0.3 is 0 Å². The number of rotatable bonds is 7. The molecule has 0 atom stereocenters. The van der Waals surface area contributed by atoms with Gasteiger partial charge in [0.2, 0.25) is 0 Å². The number of aromatic nitrogens is 1. The molecule has 0 bridgehead atoms. The van der Waals surface area contributed by atoms with Crippen LogP contribution in [-0.2, 0) is 0 Å². The fourth-order valence-corrected chi connectivity index (χ4v) is 10.2. The smallest absolute Gasteiger partial charge is 0.0541 e.